The number of pyridine rings is 1. The van der Waals surface area contributed by atoms with E-state index in [9.17, 15) is 14.3 Å². The van der Waals surface area contributed by atoms with Crippen molar-refractivity contribution in [3.05, 3.63) is 75.5 Å². The summed E-state index contributed by atoms with van der Waals surface area (Å²) in [5, 5.41) is 34.1. The molecule has 0 saturated carbocycles. The molecule has 1 atom stereocenters. The van der Waals surface area contributed by atoms with Gasteiger partial charge in [0.1, 0.15) is 11.6 Å². The number of aliphatic hydroxyl groups is 2. The van der Waals surface area contributed by atoms with E-state index in [1.54, 1.807) is 32.0 Å². The molecule has 1 aliphatic heterocycles. The van der Waals surface area contributed by atoms with E-state index in [-0.39, 0.29) is 24.8 Å². The highest BCUT2D eigenvalue weighted by molar-refractivity contribution is 8.03. The van der Waals surface area contributed by atoms with Crippen molar-refractivity contribution in [3.8, 4) is 0 Å². The Morgan fingerprint density at radius 3 is 2.83 bits per heavy atom. The molecule has 0 fully saturated rings. The lowest BCUT2D eigenvalue weighted by Crippen LogP contribution is -2.16. The number of amides is 1. The number of primary amides is 1. The summed E-state index contributed by atoms with van der Waals surface area (Å²) in [4.78, 5) is 16.7. The van der Waals surface area contributed by atoms with Crippen LogP contribution in [0.25, 0.3) is 0 Å². The molecule has 1 aromatic carbocycles. The van der Waals surface area contributed by atoms with Crippen LogP contribution in [-0.4, -0.2) is 47.9 Å². The van der Waals surface area contributed by atoms with Gasteiger partial charge in [0, 0.05) is 16.4 Å². The molecule has 4 rings (SSSR count). The minimum absolute atomic E-state index is 0.0867. The Morgan fingerprint density at radius 2 is 2.14 bits per heavy atom. The maximum absolute atomic E-state index is 14.9. The van der Waals surface area contributed by atoms with Gasteiger partial charge in [-0.05, 0) is 54.5 Å². The zero-order valence-electron chi connectivity index (χ0n) is 19.3. The average Bonchev–Trinajstić information content (AvgIpc) is 3.41. The molecule has 3 heterocycles. The maximum Gasteiger partial charge on any atom is 0.247 e. The number of rotatable bonds is 9. The van der Waals surface area contributed by atoms with Gasteiger partial charge in [-0.3, -0.25) is 4.79 Å². The summed E-state index contributed by atoms with van der Waals surface area (Å²) in [6.07, 6.45) is 0.607. The Labute approximate surface area is 205 Å². The summed E-state index contributed by atoms with van der Waals surface area (Å²) in [5.74, 6) is 0.00716. The summed E-state index contributed by atoms with van der Waals surface area (Å²) in [7, 11) is 0. The van der Waals surface area contributed by atoms with E-state index in [0.29, 0.717) is 45.5 Å². The normalized spacial score (nSPS) is 16.1. The fourth-order valence-electron chi connectivity index (χ4n) is 3.74. The van der Waals surface area contributed by atoms with Gasteiger partial charge in [-0.1, -0.05) is 30.0 Å². The van der Waals surface area contributed by atoms with E-state index in [0.717, 1.165) is 0 Å². The van der Waals surface area contributed by atoms with Crippen LogP contribution < -0.4 is 11.1 Å². The molecule has 3 aromatic rings. The van der Waals surface area contributed by atoms with Crippen molar-refractivity contribution in [1.82, 2.24) is 25.2 Å². The summed E-state index contributed by atoms with van der Waals surface area (Å²) in [6, 6.07) is 10.0. The lowest BCUT2D eigenvalue weighted by molar-refractivity contribution is -0.114. The Hall–Kier alpha value is -3.35. The Bertz CT molecular complexity index is 1270. The molecule has 5 N–H and O–H groups in total. The third-order valence-corrected chi connectivity index (χ3v) is 6.87. The molecule has 1 amide bonds. The minimum Gasteiger partial charge on any atom is -0.394 e. The first-order valence-corrected chi connectivity index (χ1v) is 11.8. The number of aliphatic hydroxyl groups excluding tert-OH is 1. The Kier molecular flexibility index (Phi) is 7.15. The number of nitrogens with two attached hydrogens (primary N) is 1. The SMILES string of the molecule is CC(C)(O)c1ccc(C2CC(C(N)=O)=C(Nc3cccc(Cc4nnnn4CCO)n3)S2)c(F)c1. The van der Waals surface area contributed by atoms with Crippen molar-refractivity contribution >= 4 is 23.5 Å². The number of anilines is 1. The fourth-order valence-corrected chi connectivity index (χ4v) is 5.08. The molecule has 0 radical (unpaired) electrons. The molecule has 12 heteroatoms. The van der Waals surface area contributed by atoms with Gasteiger partial charge in [0.05, 0.1) is 35.9 Å². The largest absolute Gasteiger partial charge is 0.394 e. The summed E-state index contributed by atoms with van der Waals surface area (Å²) < 4.78 is 16.4. The fraction of sp³-hybridized carbons (Fsp3) is 0.348. The zero-order valence-corrected chi connectivity index (χ0v) is 20.1. The number of hydrogen-bond acceptors (Lipinski definition) is 9. The molecular weight excluding hydrogens is 473 g/mol. The average molecular weight is 500 g/mol. The third kappa shape index (κ3) is 5.66. The summed E-state index contributed by atoms with van der Waals surface area (Å²) in [6.45, 7) is 3.38. The number of aromatic nitrogens is 5. The van der Waals surface area contributed by atoms with Gasteiger partial charge in [-0.2, -0.15) is 0 Å². The molecule has 1 unspecified atom stereocenters. The molecule has 10 nitrogen and oxygen atoms in total. The number of thioether (sulfide) groups is 1. The summed E-state index contributed by atoms with van der Waals surface area (Å²) >= 11 is 1.30. The van der Waals surface area contributed by atoms with E-state index < -0.39 is 17.3 Å². The van der Waals surface area contributed by atoms with Crippen molar-refractivity contribution in [2.75, 3.05) is 11.9 Å². The van der Waals surface area contributed by atoms with Crippen LogP contribution >= 0.6 is 11.8 Å². The highest BCUT2D eigenvalue weighted by Crippen LogP contribution is 2.48. The second kappa shape index (κ2) is 10.1. The van der Waals surface area contributed by atoms with Crippen LogP contribution in [0.1, 0.15) is 48.2 Å². The van der Waals surface area contributed by atoms with Crippen LogP contribution in [-0.2, 0) is 23.4 Å². The number of benzene rings is 1. The second-order valence-electron chi connectivity index (χ2n) is 8.64. The van der Waals surface area contributed by atoms with E-state index in [1.165, 1.54) is 22.5 Å². The Morgan fingerprint density at radius 1 is 1.34 bits per heavy atom. The van der Waals surface area contributed by atoms with Crippen molar-refractivity contribution in [1.29, 1.82) is 0 Å². The van der Waals surface area contributed by atoms with Crippen LogP contribution in [0.15, 0.2) is 47.0 Å². The highest BCUT2D eigenvalue weighted by atomic mass is 32.2. The standard InChI is InChI=1S/C23H26FN7O3S/c1-23(2,34)13-6-7-15(17(24)10-13)18-12-16(21(25)33)22(35-18)27-19-5-3-4-14(26-19)11-20-28-29-30-31(20)8-9-32/h3-7,10,18,32,34H,8-9,11-12H2,1-2H3,(H2,25,33)(H,26,27). The lowest BCUT2D eigenvalue weighted by Gasteiger charge is -2.20. The number of tetrazole rings is 1. The van der Waals surface area contributed by atoms with Gasteiger partial charge >= 0.3 is 0 Å². The van der Waals surface area contributed by atoms with Crippen LogP contribution in [0.3, 0.4) is 0 Å². The molecule has 0 spiro atoms. The van der Waals surface area contributed by atoms with Crippen molar-refractivity contribution in [3.63, 3.8) is 0 Å². The van der Waals surface area contributed by atoms with Gasteiger partial charge in [-0.25, -0.2) is 14.1 Å². The van der Waals surface area contributed by atoms with Crippen molar-refractivity contribution in [2.45, 2.75) is 44.1 Å². The highest BCUT2D eigenvalue weighted by Gasteiger charge is 2.32. The van der Waals surface area contributed by atoms with Gasteiger partial charge < -0.3 is 21.3 Å². The minimum atomic E-state index is -1.16. The number of nitrogens with one attached hydrogen (secondary N) is 1. The Balaban J connectivity index is 1.53. The van der Waals surface area contributed by atoms with Crippen LogP contribution in [0.2, 0.25) is 0 Å². The molecule has 184 valence electrons. The second-order valence-corrected chi connectivity index (χ2v) is 9.85. The van der Waals surface area contributed by atoms with E-state index in [2.05, 4.69) is 25.8 Å². The number of halogens is 1. The molecule has 0 aliphatic carbocycles. The third-order valence-electron chi connectivity index (χ3n) is 5.58. The first-order chi connectivity index (χ1) is 16.7. The van der Waals surface area contributed by atoms with Crippen LogP contribution in [0.4, 0.5) is 10.2 Å². The molecule has 35 heavy (non-hydrogen) atoms. The van der Waals surface area contributed by atoms with Gasteiger partial charge in [-0.15, -0.1) is 5.10 Å². The van der Waals surface area contributed by atoms with Crippen LogP contribution in [0.5, 0.6) is 0 Å². The number of carbonyl (C=O) groups is 1. The predicted molar refractivity (Wildman–Crippen MR) is 128 cm³/mol. The lowest BCUT2D eigenvalue weighted by atomic mass is 9.95. The van der Waals surface area contributed by atoms with Crippen molar-refractivity contribution in [2.24, 2.45) is 5.73 Å². The molecule has 0 bridgehead atoms. The van der Waals surface area contributed by atoms with Gasteiger partial charge in [0.25, 0.3) is 0 Å². The van der Waals surface area contributed by atoms with Gasteiger partial charge in [0.2, 0.25) is 5.91 Å². The monoisotopic (exact) mass is 499 g/mol. The first-order valence-electron chi connectivity index (χ1n) is 11.0. The maximum atomic E-state index is 14.9. The predicted octanol–water partition coefficient (Wildman–Crippen LogP) is 2.00. The van der Waals surface area contributed by atoms with E-state index in [1.807, 2.05) is 12.1 Å². The van der Waals surface area contributed by atoms with Gasteiger partial charge in [0.15, 0.2) is 5.82 Å². The molecule has 2 aromatic heterocycles. The van der Waals surface area contributed by atoms with E-state index >= 15 is 0 Å². The quantitative estimate of drug-likeness (QED) is 0.346. The molecular formula is C23H26FN7O3S. The van der Waals surface area contributed by atoms with Crippen molar-refractivity contribution < 1.29 is 19.4 Å². The number of carbonyl (C=O) groups excluding carboxylic acids is 1. The topological polar surface area (TPSA) is 152 Å². The molecule has 0 saturated heterocycles. The van der Waals surface area contributed by atoms with Crippen LogP contribution in [0, 0.1) is 5.82 Å². The number of hydrogen-bond donors (Lipinski definition) is 4. The zero-order chi connectivity index (χ0) is 25.2. The number of nitrogens with zero attached hydrogens (tertiary/aromatic N) is 5. The molecule has 1 aliphatic rings. The van der Waals surface area contributed by atoms with E-state index in [4.69, 9.17) is 10.8 Å². The summed E-state index contributed by atoms with van der Waals surface area (Å²) in [5.41, 5.74) is 6.40. The smallest absolute Gasteiger partial charge is 0.247 e. The first kappa shape index (κ1) is 24.8.